The van der Waals surface area contributed by atoms with Crippen LogP contribution in [0.1, 0.15) is 31.2 Å². The normalized spacial score (nSPS) is 17.6. The van der Waals surface area contributed by atoms with Gasteiger partial charge in [0.15, 0.2) is 0 Å². The smallest absolute Gasteiger partial charge is 0.256 e. The minimum absolute atomic E-state index is 0.255. The predicted molar refractivity (Wildman–Crippen MR) is 77.0 cm³/mol. The maximum atomic E-state index is 11.9. The van der Waals surface area contributed by atoms with Crippen molar-refractivity contribution in [3.05, 3.63) is 46.0 Å². The number of hydrogen-bond donors (Lipinski definition) is 2. The zero-order valence-electron chi connectivity index (χ0n) is 11.8. The second-order valence-electron chi connectivity index (χ2n) is 5.53. The van der Waals surface area contributed by atoms with E-state index >= 15 is 0 Å². The number of aliphatic hydroxyl groups is 1. The fraction of sp³-hybridized carbons (Fsp3) is 0.533. The first-order valence-corrected chi connectivity index (χ1v) is 7.21. The molecule has 0 heterocycles. The van der Waals surface area contributed by atoms with Gasteiger partial charge < -0.3 is 10.4 Å². The monoisotopic (exact) mass is 292 g/mol. The molecule has 6 heteroatoms. The third kappa shape index (κ3) is 4.26. The second kappa shape index (κ2) is 7.17. The molecule has 1 aliphatic carbocycles. The number of carbonyl (C=O) groups excluding carboxylic acids is 1. The number of nitrogens with one attached hydrogen (secondary N) is 1. The summed E-state index contributed by atoms with van der Waals surface area (Å²) in [6, 6.07) is 8.01. The van der Waals surface area contributed by atoms with Crippen molar-refractivity contribution in [2.45, 2.75) is 44.4 Å². The topological polar surface area (TPSA) is 92.5 Å². The van der Waals surface area contributed by atoms with E-state index < -0.39 is 23.0 Å². The highest BCUT2D eigenvalue weighted by atomic mass is 16.6. The number of carbonyl (C=O) groups is 1. The standard InChI is InChI=1S/C15H20N2O4/c18-14(13(17(20)21)9-11-7-4-8-11)15(19)16-10-12-5-2-1-3-6-12/h1-3,5-6,11,13-14,18H,4,7-10H2,(H,16,19). The lowest BCUT2D eigenvalue weighted by Gasteiger charge is -2.27. The van der Waals surface area contributed by atoms with Gasteiger partial charge in [-0.15, -0.1) is 0 Å². The third-order valence-electron chi connectivity index (χ3n) is 4.01. The van der Waals surface area contributed by atoms with E-state index in [0.717, 1.165) is 24.8 Å². The lowest BCUT2D eigenvalue weighted by atomic mass is 9.80. The van der Waals surface area contributed by atoms with Gasteiger partial charge in [0, 0.05) is 17.9 Å². The molecular weight excluding hydrogens is 272 g/mol. The van der Waals surface area contributed by atoms with E-state index in [1.807, 2.05) is 30.3 Å². The molecule has 2 N–H and O–H groups in total. The van der Waals surface area contributed by atoms with Gasteiger partial charge in [-0.25, -0.2) is 0 Å². The Balaban J connectivity index is 1.87. The van der Waals surface area contributed by atoms with Crippen LogP contribution in [0.2, 0.25) is 0 Å². The molecule has 1 aromatic rings. The molecule has 1 saturated carbocycles. The molecule has 6 nitrogen and oxygen atoms in total. The minimum atomic E-state index is -1.59. The summed E-state index contributed by atoms with van der Waals surface area (Å²) in [5.74, 6) is -0.420. The highest BCUT2D eigenvalue weighted by Crippen LogP contribution is 2.31. The Morgan fingerprint density at radius 1 is 1.38 bits per heavy atom. The summed E-state index contributed by atoms with van der Waals surface area (Å²) in [6.45, 7) is 0.255. The van der Waals surface area contributed by atoms with Crippen LogP contribution in [0.5, 0.6) is 0 Å². The average Bonchev–Trinajstić information content (AvgIpc) is 2.43. The molecule has 2 atom stereocenters. The van der Waals surface area contributed by atoms with Gasteiger partial charge >= 0.3 is 0 Å². The van der Waals surface area contributed by atoms with Gasteiger partial charge in [-0.3, -0.25) is 14.9 Å². The molecule has 1 amide bonds. The van der Waals surface area contributed by atoms with Crippen LogP contribution < -0.4 is 5.32 Å². The van der Waals surface area contributed by atoms with E-state index in [2.05, 4.69) is 5.32 Å². The van der Waals surface area contributed by atoms with Gasteiger partial charge in [-0.1, -0.05) is 49.6 Å². The van der Waals surface area contributed by atoms with E-state index in [1.165, 1.54) is 0 Å². The number of aliphatic hydroxyl groups excluding tert-OH is 1. The van der Waals surface area contributed by atoms with Crippen LogP contribution in [0.25, 0.3) is 0 Å². The maximum absolute atomic E-state index is 11.9. The first-order chi connectivity index (χ1) is 10.1. The molecule has 2 rings (SSSR count). The Labute approximate surface area is 123 Å². The Morgan fingerprint density at radius 3 is 2.57 bits per heavy atom. The number of hydrogen-bond acceptors (Lipinski definition) is 4. The van der Waals surface area contributed by atoms with Crippen molar-refractivity contribution in [2.24, 2.45) is 5.92 Å². The van der Waals surface area contributed by atoms with Gasteiger partial charge in [-0.2, -0.15) is 0 Å². The lowest BCUT2D eigenvalue weighted by molar-refractivity contribution is -0.534. The Hall–Kier alpha value is -1.95. The average molecular weight is 292 g/mol. The van der Waals surface area contributed by atoms with Crippen LogP contribution in [-0.2, 0) is 11.3 Å². The summed E-state index contributed by atoms with van der Waals surface area (Å²) in [4.78, 5) is 22.4. The Morgan fingerprint density at radius 2 is 2.05 bits per heavy atom. The molecule has 0 bridgehead atoms. The third-order valence-corrected chi connectivity index (χ3v) is 4.01. The molecule has 1 aliphatic rings. The fourth-order valence-electron chi connectivity index (χ4n) is 2.46. The van der Waals surface area contributed by atoms with Gasteiger partial charge in [0.25, 0.3) is 5.91 Å². The molecule has 0 radical (unpaired) electrons. The highest BCUT2D eigenvalue weighted by Gasteiger charge is 2.38. The Bertz CT molecular complexity index is 488. The summed E-state index contributed by atoms with van der Waals surface area (Å²) in [5.41, 5.74) is 0.884. The van der Waals surface area contributed by atoms with Crippen molar-refractivity contribution in [3.8, 4) is 0 Å². The molecule has 1 fully saturated rings. The zero-order chi connectivity index (χ0) is 15.2. The van der Waals surface area contributed by atoms with Crippen molar-refractivity contribution in [2.75, 3.05) is 0 Å². The van der Waals surface area contributed by atoms with Gasteiger partial charge in [0.05, 0.1) is 0 Å². The summed E-state index contributed by atoms with van der Waals surface area (Å²) in [5, 5.41) is 23.6. The van der Waals surface area contributed by atoms with Gasteiger partial charge in [-0.05, 0) is 11.5 Å². The van der Waals surface area contributed by atoms with Crippen LogP contribution >= 0.6 is 0 Å². The van der Waals surface area contributed by atoms with E-state index in [0.29, 0.717) is 0 Å². The number of amides is 1. The van der Waals surface area contributed by atoms with Crippen LogP contribution in [-0.4, -0.2) is 28.1 Å². The summed E-state index contributed by atoms with van der Waals surface area (Å²) < 4.78 is 0. The fourth-order valence-corrected chi connectivity index (χ4v) is 2.46. The van der Waals surface area contributed by atoms with Crippen LogP contribution in [0.4, 0.5) is 0 Å². The predicted octanol–water partition coefficient (Wildman–Crippen LogP) is 1.50. The molecule has 21 heavy (non-hydrogen) atoms. The Kier molecular flexibility index (Phi) is 5.27. The first kappa shape index (κ1) is 15.4. The summed E-state index contributed by atoms with van der Waals surface area (Å²) in [6.07, 6.45) is 1.65. The minimum Gasteiger partial charge on any atom is -0.377 e. The van der Waals surface area contributed by atoms with E-state index in [-0.39, 0.29) is 18.9 Å². The molecule has 114 valence electrons. The first-order valence-electron chi connectivity index (χ1n) is 7.21. The zero-order valence-corrected chi connectivity index (χ0v) is 11.8. The van der Waals surface area contributed by atoms with E-state index in [4.69, 9.17) is 0 Å². The number of benzene rings is 1. The van der Waals surface area contributed by atoms with Gasteiger partial charge in [0.2, 0.25) is 12.1 Å². The van der Waals surface area contributed by atoms with Crippen LogP contribution in [0.15, 0.2) is 30.3 Å². The van der Waals surface area contributed by atoms with E-state index in [9.17, 15) is 20.0 Å². The summed E-state index contributed by atoms with van der Waals surface area (Å²) >= 11 is 0. The van der Waals surface area contributed by atoms with Crippen molar-refractivity contribution >= 4 is 5.91 Å². The molecule has 1 aromatic carbocycles. The van der Waals surface area contributed by atoms with Crippen LogP contribution in [0, 0.1) is 16.0 Å². The number of rotatable bonds is 7. The lowest BCUT2D eigenvalue weighted by Crippen LogP contribution is -2.46. The van der Waals surface area contributed by atoms with Crippen LogP contribution in [0.3, 0.4) is 0 Å². The quantitative estimate of drug-likeness (QED) is 0.588. The molecule has 2 unspecified atom stereocenters. The van der Waals surface area contributed by atoms with Crippen molar-refractivity contribution in [1.82, 2.24) is 5.32 Å². The highest BCUT2D eigenvalue weighted by molar-refractivity contribution is 5.81. The second-order valence-corrected chi connectivity index (χ2v) is 5.53. The van der Waals surface area contributed by atoms with E-state index in [1.54, 1.807) is 0 Å². The maximum Gasteiger partial charge on any atom is 0.256 e. The van der Waals surface area contributed by atoms with Crippen molar-refractivity contribution in [1.29, 1.82) is 0 Å². The summed E-state index contributed by atoms with van der Waals surface area (Å²) in [7, 11) is 0. The van der Waals surface area contributed by atoms with Gasteiger partial charge in [0.1, 0.15) is 0 Å². The van der Waals surface area contributed by atoms with Crippen molar-refractivity contribution in [3.63, 3.8) is 0 Å². The molecule has 0 spiro atoms. The van der Waals surface area contributed by atoms with Crippen molar-refractivity contribution < 1.29 is 14.8 Å². The number of nitrogens with zero attached hydrogens (tertiary/aromatic N) is 1. The molecule has 0 saturated heterocycles. The molecular formula is C15H20N2O4. The largest absolute Gasteiger partial charge is 0.377 e. The molecule has 0 aliphatic heterocycles. The molecule has 0 aromatic heterocycles. The SMILES string of the molecule is O=C(NCc1ccccc1)C(O)C(CC1CCC1)[N+](=O)[O-]. The number of nitro groups is 1.